The Morgan fingerprint density at radius 2 is 2.10 bits per heavy atom. The van der Waals surface area contributed by atoms with E-state index in [1.165, 1.54) is 7.11 Å². The molecule has 21 heavy (non-hydrogen) atoms. The minimum atomic E-state index is -1.25. The van der Waals surface area contributed by atoms with Crippen molar-refractivity contribution < 1.29 is 24.2 Å². The number of nitrogens with zero attached hydrogens (tertiary/aromatic N) is 3. The summed E-state index contributed by atoms with van der Waals surface area (Å²) in [6.45, 7) is 1.61. The SMILES string of the molecule is COC(=O)CC[C@H](NC(=O)NC(C)c1nn[nH]n1)C(=O)O. The molecule has 0 saturated heterocycles. The van der Waals surface area contributed by atoms with Gasteiger partial charge in [0.2, 0.25) is 0 Å². The monoisotopic (exact) mass is 300 g/mol. The lowest BCUT2D eigenvalue weighted by molar-refractivity contribution is -0.142. The first-order valence-electron chi connectivity index (χ1n) is 6.04. The van der Waals surface area contributed by atoms with Crippen molar-refractivity contribution in [3.63, 3.8) is 0 Å². The molecule has 1 aromatic rings. The minimum Gasteiger partial charge on any atom is -0.480 e. The lowest BCUT2D eigenvalue weighted by atomic mass is 10.1. The van der Waals surface area contributed by atoms with Crippen molar-refractivity contribution in [1.82, 2.24) is 31.3 Å². The van der Waals surface area contributed by atoms with Crippen molar-refractivity contribution in [2.75, 3.05) is 7.11 Å². The van der Waals surface area contributed by atoms with Crippen molar-refractivity contribution in [2.45, 2.75) is 31.8 Å². The van der Waals surface area contributed by atoms with Crippen LogP contribution in [-0.2, 0) is 14.3 Å². The molecule has 0 aliphatic heterocycles. The van der Waals surface area contributed by atoms with Crippen LogP contribution in [0.5, 0.6) is 0 Å². The molecule has 0 aliphatic carbocycles. The van der Waals surface area contributed by atoms with E-state index in [1.807, 2.05) is 0 Å². The van der Waals surface area contributed by atoms with Crippen LogP contribution in [0.15, 0.2) is 0 Å². The van der Waals surface area contributed by atoms with Gasteiger partial charge in [0.25, 0.3) is 0 Å². The maximum absolute atomic E-state index is 11.7. The molecule has 116 valence electrons. The van der Waals surface area contributed by atoms with Crippen LogP contribution in [0.3, 0.4) is 0 Å². The molecule has 4 N–H and O–H groups in total. The molecule has 11 nitrogen and oxygen atoms in total. The molecule has 2 atom stereocenters. The number of ether oxygens (including phenoxy) is 1. The molecule has 0 bridgehead atoms. The minimum absolute atomic E-state index is 0.0774. The first-order chi connectivity index (χ1) is 9.93. The van der Waals surface area contributed by atoms with E-state index in [0.717, 1.165) is 0 Å². The van der Waals surface area contributed by atoms with Crippen LogP contribution in [0.25, 0.3) is 0 Å². The summed E-state index contributed by atoms with van der Waals surface area (Å²) in [4.78, 5) is 33.7. The number of carbonyl (C=O) groups is 3. The molecular weight excluding hydrogens is 284 g/mol. The van der Waals surface area contributed by atoms with E-state index in [4.69, 9.17) is 5.11 Å². The van der Waals surface area contributed by atoms with Gasteiger partial charge in [-0.25, -0.2) is 9.59 Å². The number of aliphatic carboxylic acids is 1. The Morgan fingerprint density at radius 1 is 1.38 bits per heavy atom. The largest absolute Gasteiger partial charge is 0.480 e. The van der Waals surface area contributed by atoms with Gasteiger partial charge >= 0.3 is 18.0 Å². The maximum Gasteiger partial charge on any atom is 0.326 e. The Kier molecular flexibility index (Phi) is 6.04. The Balaban J connectivity index is 2.48. The summed E-state index contributed by atoms with van der Waals surface area (Å²) in [5.41, 5.74) is 0. The number of methoxy groups -OCH3 is 1. The van der Waals surface area contributed by atoms with Crippen molar-refractivity contribution in [3.05, 3.63) is 5.82 Å². The van der Waals surface area contributed by atoms with Crippen molar-refractivity contribution >= 4 is 18.0 Å². The van der Waals surface area contributed by atoms with Crippen molar-refractivity contribution in [3.8, 4) is 0 Å². The maximum atomic E-state index is 11.7. The second-order valence-corrected chi connectivity index (χ2v) is 4.12. The molecule has 0 radical (unpaired) electrons. The number of aromatic amines is 1. The van der Waals surface area contributed by atoms with Crippen molar-refractivity contribution in [1.29, 1.82) is 0 Å². The second-order valence-electron chi connectivity index (χ2n) is 4.12. The van der Waals surface area contributed by atoms with E-state index in [0.29, 0.717) is 0 Å². The Labute approximate surface area is 119 Å². The number of aromatic nitrogens is 4. The Morgan fingerprint density at radius 3 is 2.62 bits per heavy atom. The third kappa shape index (κ3) is 5.42. The molecule has 0 spiro atoms. The van der Waals surface area contributed by atoms with Crippen LogP contribution in [0, 0.1) is 0 Å². The smallest absolute Gasteiger partial charge is 0.326 e. The van der Waals surface area contributed by atoms with E-state index in [-0.39, 0.29) is 18.7 Å². The van der Waals surface area contributed by atoms with E-state index < -0.39 is 30.1 Å². The third-order valence-electron chi connectivity index (χ3n) is 2.56. The second kappa shape index (κ2) is 7.77. The summed E-state index contributed by atoms with van der Waals surface area (Å²) >= 11 is 0. The Bertz CT molecular complexity index is 490. The number of hydrogen-bond donors (Lipinski definition) is 4. The van der Waals surface area contributed by atoms with Crippen LogP contribution in [0.2, 0.25) is 0 Å². The highest BCUT2D eigenvalue weighted by Gasteiger charge is 2.22. The van der Waals surface area contributed by atoms with Gasteiger partial charge < -0.3 is 20.5 Å². The number of tetrazole rings is 1. The molecule has 0 fully saturated rings. The molecule has 1 rings (SSSR count). The quantitative estimate of drug-likeness (QED) is 0.465. The number of carbonyl (C=O) groups excluding carboxylic acids is 2. The number of carboxylic acids is 1. The predicted molar refractivity (Wildman–Crippen MR) is 66.9 cm³/mol. The predicted octanol–water partition coefficient (Wildman–Crippen LogP) is -1.03. The number of rotatable bonds is 7. The van der Waals surface area contributed by atoms with E-state index >= 15 is 0 Å². The lowest BCUT2D eigenvalue weighted by Gasteiger charge is -2.16. The molecule has 0 aromatic carbocycles. The number of esters is 1. The highest BCUT2D eigenvalue weighted by molar-refractivity contribution is 5.83. The van der Waals surface area contributed by atoms with Gasteiger partial charge in [-0.3, -0.25) is 4.79 Å². The highest BCUT2D eigenvalue weighted by Crippen LogP contribution is 2.04. The Hall–Kier alpha value is -2.72. The third-order valence-corrected chi connectivity index (χ3v) is 2.56. The average Bonchev–Trinajstić information content (AvgIpc) is 2.96. The molecule has 0 aliphatic rings. The number of carboxylic acid groups (broad SMARTS) is 1. The van der Waals surface area contributed by atoms with Crippen LogP contribution in [-0.4, -0.2) is 56.9 Å². The molecule has 2 amide bonds. The fraction of sp³-hybridized carbons (Fsp3) is 0.600. The molecule has 0 saturated carbocycles. The fourth-order valence-corrected chi connectivity index (χ4v) is 1.44. The number of nitrogens with one attached hydrogen (secondary N) is 3. The summed E-state index contributed by atoms with van der Waals surface area (Å²) in [7, 11) is 1.20. The molecule has 1 unspecified atom stereocenters. The van der Waals surface area contributed by atoms with Gasteiger partial charge in [-0.2, -0.15) is 5.21 Å². The topological polar surface area (TPSA) is 159 Å². The van der Waals surface area contributed by atoms with E-state index in [9.17, 15) is 14.4 Å². The average molecular weight is 300 g/mol. The highest BCUT2D eigenvalue weighted by atomic mass is 16.5. The molecule has 1 aromatic heterocycles. The number of amides is 2. The van der Waals surface area contributed by atoms with E-state index in [2.05, 4.69) is 36.0 Å². The van der Waals surface area contributed by atoms with Gasteiger partial charge in [0.1, 0.15) is 6.04 Å². The lowest BCUT2D eigenvalue weighted by Crippen LogP contribution is -2.46. The first kappa shape index (κ1) is 16.3. The zero-order valence-electron chi connectivity index (χ0n) is 11.5. The molecular formula is C10H16N6O5. The van der Waals surface area contributed by atoms with Crippen LogP contribution < -0.4 is 10.6 Å². The van der Waals surface area contributed by atoms with Gasteiger partial charge in [0.15, 0.2) is 5.82 Å². The normalized spacial score (nSPS) is 13.0. The summed E-state index contributed by atoms with van der Waals surface area (Å²) in [5.74, 6) is -1.54. The number of H-pyrrole nitrogens is 1. The van der Waals surface area contributed by atoms with Gasteiger partial charge in [-0.1, -0.05) is 5.21 Å². The van der Waals surface area contributed by atoms with Gasteiger partial charge in [-0.15, -0.1) is 10.2 Å². The van der Waals surface area contributed by atoms with E-state index in [1.54, 1.807) is 6.92 Å². The fourth-order valence-electron chi connectivity index (χ4n) is 1.44. The van der Waals surface area contributed by atoms with Crippen LogP contribution >= 0.6 is 0 Å². The number of hydrogen-bond acceptors (Lipinski definition) is 7. The molecule has 11 heteroatoms. The van der Waals surface area contributed by atoms with Gasteiger partial charge in [0, 0.05) is 6.42 Å². The standard InChI is InChI=1S/C10H16N6O5/c1-5(8-13-15-16-14-8)11-10(20)12-6(9(18)19)3-4-7(17)21-2/h5-6H,3-4H2,1-2H3,(H,18,19)(H2,11,12,20)(H,13,14,15,16)/t5?,6-/m0/s1. The van der Waals surface area contributed by atoms with Crippen LogP contribution in [0.1, 0.15) is 31.6 Å². The van der Waals surface area contributed by atoms with Gasteiger partial charge in [-0.05, 0) is 13.3 Å². The zero-order valence-corrected chi connectivity index (χ0v) is 11.5. The first-order valence-corrected chi connectivity index (χ1v) is 6.04. The molecule has 1 heterocycles. The summed E-state index contributed by atoms with van der Waals surface area (Å²) in [6.07, 6.45) is -0.194. The van der Waals surface area contributed by atoms with Crippen molar-refractivity contribution in [2.24, 2.45) is 0 Å². The van der Waals surface area contributed by atoms with Gasteiger partial charge in [0.05, 0.1) is 13.2 Å². The summed E-state index contributed by atoms with van der Waals surface area (Å²) in [5, 5.41) is 26.6. The zero-order chi connectivity index (χ0) is 15.8. The number of urea groups is 1. The summed E-state index contributed by atoms with van der Waals surface area (Å²) in [6, 6.07) is -2.48. The summed E-state index contributed by atoms with van der Waals surface area (Å²) < 4.78 is 4.41. The van der Waals surface area contributed by atoms with Crippen LogP contribution in [0.4, 0.5) is 4.79 Å².